The summed E-state index contributed by atoms with van der Waals surface area (Å²) in [6.45, 7) is 1.62. The van der Waals surface area contributed by atoms with Crippen LogP contribution in [0.15, 0.2) is 59.1 Å². The molecule has 1 amide bonds. The molecule has 2 aromatic carbocycles. The van der Waals surface area contributed by atoms with E-state index >= 15 is 0 Å². The Morgan fingerprint density at radius 2 is 1.88 bits per heavy atom. The van der Waals surface area contributed by atoms with Gasteiger partial charge in [0.15, 0.2) is 5.82 Å². The number of carbonyl (C=O) groups excluding carboxylic acids is 1. The van der Waals surface area contributed by atoms with Crippen molar-refractivity contribution in [2.75, 3.05) is 6.61 Å². The highest BCUT2D eigenvalue weighted by atomic mass is 16.5. The Hall–Kier alpha value is -2.99. The maximum absolute atomic E-state index is 12.4. The lowest BCUT2D eigenvalue weighted by Gasteiger charge is -2.16. The Kier molecular flexibility index (Phi) is 5.20. The van der Waals surface area contributed by atoms with Crippen molar-refractivity contribution in [2.24, 2.45) is 0 Å². The van der Waals surface area contributed by atoms with Gasteiger partial charge in [0.05, 0.1) is 12.6 Å². The van der Waals surface area contributed by atoms with E-state index in [-0.39, 0.29) is 18.6 Å². The molecule has 1 heterocycles. The molecule has 0 aliphatic rings. The van der Waals surface area contributed by atoms with Gasteiger partial charge in [0.25, 0.3) is 11.8 Å². The summed E-state index contributed by atoms with van der Waals surface area (Å²) >= 11 is 0. The maximum atomic E-state index is 12.4. The van der Waals surface area contributed by atoms with E-state index in [1.54, 1.807) is 31.2 Å². The van der Waals surface area contributed by atoms with E-state index in [0.29, 0.717) is 23.7 Å². The minimum atomic E-state index is -0.340. The van der Waals surface area contributed by atoms with E-state index in [1.165, 1.54) is 0 Å². The first kappa shape index (κ1) is 16.9. The zero-order chi connectivity index (χ0) is 17.6. The van der Waals surface area contributed by atoms with Crippen molar-refractivity contribution in [2.45, 2.75) is 19.4 Å². The number of aliphatic hydroxyl groups is 1. The van der Waals surface area contributed by atoms with Gasteiger partial charge in [-0.25, -0.2) is 0 Å². The Labute approximate surface area is 145 Å². The number of nitrogens with one attached hydrogen (secondary N) is 1. The molecule has 25 heavy (non-hydrogen) atoms. The number of hydrogen-bond donors (Lipinski definition) is 2. The lowest BCUT2D eigenvalue weighted by molar-refractivity contribution is 0.0916. The molecule has 1 unspecified atom stereocenters. The molecular weight excluding hydrogens is 318 g/mol. The van der Waals surface area contributed by atoms with Crippen LogP contribution in [0.1, 0.15) is 21.7 Å². The fraction of sp³-hybridized carbons (Fsp3) is 0.211. The molecule has 1 aromatic heterocycles. The second-order valence-corrected chi connectivity index (χ2v) is 5.77. The summed E-state index contributed by atoms with van der Waals surface area (Å²) in [5, 5.41) is 16.1. The van der Waals surface area contributed by atoms with Crippen LogP contribution in [0.3, 0.4) is 0 Å². The van der Waals surface area contributed by atoms with Crippen LogP contribution in [0, 0.1) is 6.92 Å². The van der Waals surface area contributed by atoms with Gasteiger partial charge in [0, 0.05) is 11.1 Å². The molecule has 6 heteroatoms. The topological polar surface area (TPSA) is 88.2 Å². The fourth-order valence-corrected chi connectivity index (χ4v) is 2.51. The molecule has 0 fully saturated rings. The van der Waals surface area contributed by atoms with Gasteiger partial charge in [0.1, 0.15) is 0 Å². The SMILES string of the molecule is Cc1noc(-c2ccc(C(=O)NC(CO)Cc3ccccc3)cc2)n1. The molecule has 1 atom stereocenters. The molecule has 0 spiro atoms. The van der Waals surface area contributed by atoms with Gasteiger partial charge in [0.2, 0.25) is 0 Å². The van der Waals surface area contributed by atoms with Crippen LogP contribution in [-0.4, -0.2) is 33.8 Å². The molecule has 6 nitrogen and oxygen atoms in total. The summed E-state index contributed by atoms with van der Waals surface area (Å²) in [5.74, 6) is 0.744. The lowest BCUT2D eigenvalue weighted by atomic mass is 10.1. The normalized spacial score (nSPS) is 11.9. The number of carbonyl (C=O) groups is 1. The van der Waals surface area contributed by atoms with Crippen LogP contribution < -0.4 is 5.32 Å². The summed E-state index contributed by atoms with van der Waals surface area (Å²) in [6.07, 6.45) is 0.572. The second kappa shape index (κ2) is 7.72. The van der Waals surface area contributed by atoms with Crippen LogP contribution >= 0.6 is 0 Å². The number of benzene rings is 2. The Morgan fingerprint density at radius 3 is 2.48 bits per heavy atom. The Morgan fingerprint density at radius 1 is 1.16 bits per heavy atom. The van der Waals surface area contributed by atoms with Crippen molar-refractivity contribution in [3.63, 3.8) is 0 Å². The predicted molar refractivity (Wildman–Crippen MR) is 93.0 cm³/mol. The third kappa shape index (κ3) is 4.30. The average molecular weight is 337 g/mol. The third-order valence-corrected chi connectivity index (χ3v) is 3.80. The van der Waals surface area contributed by atoms with E-state index in [4.69, 9.17) is 4.52 Å². The zero-order valence-electron chi connectivity index (χ0n) is 13.8. The lowest BCUT2D eigenvalue weighted by Crippen LogP contribution is -2.39. The number of amides is 1. The highest BCUT2D eigenvalue weighted by Gasteiger charge is 2.14. The van der Waals surface area contributed by atoms with Crippen LogP contribution in [0.5, 0.6) is 0 Å². The summed E-state index contributed by atoms with van der Waals surface area (Å²) in [5.41, 5.74) is 2.32. The molecule has 3 rings (SSSR count). The predicted octanol–water partition coefficient (Wildman–Crippen LogP) is 2.38. The maximum Gasteiger partial charge on any atom is 0.257 e. The van der Waals surface area contributed by atoms with Gasteiger partial charge in [-0.3, -0.25) is 4.79 Å². The molecule has 0 saturated carbocycles. The van der Waals surface area contributed by atoms with Crippen molar-refractivity contribution in [1.29, 1.82) is 0 Å². The molecule has 3 aromatic rings. The molecule has 2 N–H and O–H groups in total. The first-order chi connectivity index (χ1) is 12.2. The van der Waals surface area contributed by atoms with Gasteiger partial charge in [-0.15, -0.1) is 0 Å². The summed E-state index contributed by atoms with van der Waals surface area (Å²) in [7, 11) is 0. The summed E-state index contributed by atoms with van der Waals surface area (Å²) in [6, 6.07) is 16.3. The number of aliphatic hydroxyl groups excluding tert-OH is 1. The Balaban J connectivity index is 1.65. The van der Waals surface area contributed by atoms with Crippen LogP contribution in [-0.2, 0) is 6.42 Å². The number of nitrogens with zero attached hydrogens (tertiary/aromatic N) is 2. The molecule has 0 aliphatic carbocycles. The first-order valence-corrected chi connectivity index (χ1v) is 8.02. The number of hydrogen-bond acceptors (Lipinski definition) is 5. The van der Waals surface area contributed by atoms with E-state index in [0.717, 1.165) is 11.1 Å². The standard InChI is InChI=1S/C19H19N3O3/c1-13-20-19(25-22-13)16-9-7-15(8-10-16)18(24)21-17(12-23)11-14-5-3-2-4-6-14/h2-10,17,23H,11-12H2,1H3,(H,21,24). The van der Waals surface area contributed by atoms with Gasteiger partial charge < -0.3 is 14.9 Å². The monoisotopic (exact) mass is 337 g/mol. The molecule has 0 saturated heterocycles. The summed E-state index contributed by atoms with van der Waals surface area (Å²) < 4.78 is 5.10. The van der Waals surface area contributed by atoms with Crippen molar-refractivity contribution < 1.29 is 14.4 Å². The summed E-state index contributed by atoms with van der Waals surface area (Å²) in [4.78, 5) is 16.5. The first-order valence-electron chi connectivity index (χ1n) is 8.02. The van der Waals surface area contributed by atoms with Crippen LogP contribution in [0.2, 0.25) is 0 Å². The zero-order valence-corrected chi connectivity index (χ0v) is 13.8. The number of rotatable bonds is 6. The molecule has 128 valence electrons. The Bertz CT molecular complexity index is 829. The average Bonchev–Trinajstić information content (AvgIpc) is 3.08. The fourth-order valence-electron chi connectivity index (χ4n) is 2.51. The van der Waals surface area contributed by atoms with Crippen LogP contribution in [0.4, 0.5) is 0 Å². The molecular formula is C19H19N3O3. The number of aryl methyl sites for hydroxylation is 1. The second-order valence-electron chi connectivity index (χ2n) is 5.77. The van der Waals surface area contributed by atoms with E-state index in [1.807, 2.05) is 30.3 Å². The smallest absolute Gasteiger partial charge is 0.257 e. The highest BCUT2D eigenvalue weighted by Crippen LogP contribution is 2.17. The quantitative estimate of drug-likeness (QED) is 0.721. The van der Waals surface area contributed by atoms with E-state index in [9.17, 15) is 9.90 Å². The van der Waals surface area contributed by atoms with E-state index in [2.05, 4.69) is 15.5 Å². The molecule has 0 bridgehead atoms. The minimum Gasteiger partial charge on any atom is -0.394 e. The van der Waals surface area contributed by atoms with E-state index < -0.39 is 0 Å². The van der Waals surface area contributed by atoms with Gasteiger partial charge in [-0.05, 0) is 43.2 Å². The minimum absolute atomic E-state index is 0.125. The van der Waals surface area contributed by atoms with Gasteiger partial charge in [-0.1, -0.05) is 35.5 Å². The number of aromatic nitrogens is 2. The van der Waals surface area contributed by atoms with Crippen molar-refractivity contribution in [3.05, 3.63) is 71.5 Å². The van der Waals surface area contributed by atoms with Crippen LogP contribution in [0.25, 0.3) is 11.5 Å². The van der Waals surface area contributed by atoms with Gasteiger partial charge >= 0.3 is 0 Å². The molecule has 0 radical (unpaired) electrons. The van der Waals surface area contributed by atoms with Crippen molar-refractivity contribution in [1.82, 2.24) is 15.5 Å². The largest absolute Gasteiger partial charge is 0.394 e. The third-order valence-electron chi connectivity index (χ3n) is 3.80. The van der Waals surface area contributed by atoms with Crippen molar-refractivity contribution >= 4 is 5.91 Å². The highest BCUT2D eigenvalue weighted by molar-refractivity contribution is 5.94. The molecule has 0 aliphatic heterocycles. The van der Waals surface area contributed by atoms with Crippen molar-refractivity contribution in [3.8, 4) is 11.5 Å². The van der Waals surface area contributed by atoms with Gasteiger partial charge in [-0.2, -0.15) is 4.98 Å².